The van der Waals surface area contributed by atoms with Gasteiger partial charge in [-0.05, 0) is 31.5 Å². The van der Waals surface area contributed by atoms with Crippen LogP contribution in [0.3, 0.4) is 0 Å². The van der Waals surface area contributed by atoms with E-state index in [1.54, 1.807) is 0 Å². The van der Waals surface area contributed by atoms with Gasteiger partial charge in [-0.25, -0.2) is 13.8 Å². The van der Waals surface area contributed by atoms with Gasteiger partial charge in [0, 0.05) is 4.88 Å². The van der Waals surface area contributed by atoms with Crippen molar-refractivity contribution in [1.29, 1.82) is 0 Å². The molecule has 0 saturated heterocycles. The summed E-state index contributed by atoms with van der Waals surface area (Å²) in [5.41, 5.74) is 0.156. The molecule has 0 fully saturated rings. The Morgan fingerprint density at radius 3 is 2.50 bits per heavy atom. The fourth-order valence-corrected chi connectivity index (χ4v) is 3.13. The highest BCUT2D eigenvalue weighted by Gasteiger charge is 2.17. The SMILES string of the molecule is Cc1sc2nc(-c3c(F)cccc3F)[nH]c(=O)c2c1C. The lowest BCUT2D eigenvalue weighted by atomic mass is 10.1. The van der Waals surface area contributed by atoms with Crippen LogP contribution in [-0.4, -0.2) is 9.97 Å². The van der Waals surface area contributed by atoms with Crippen LogP contribution < -0.4 is 5.56 Å². The third kappa shape index (κ3) is 1.84. The van der Waals surface area contributed by atoms with E-state index >= 15 is 0 Å². The number of rotatable bonds is 1. The average Bonchev–Trinajstić information content (AvgIpc) is 2.65. The lowest BCUT2D eigenvalue weighted by Gasteiger charge is -2.04. The summed E-state index contributed by atoms with van der Waals surface area (Å²) in [7, 11) is 0. The van der Waals surface area contributed by atoms with E-state index in [0.717, 1.165) is 22.6 Å². The summed E-state index contributed by atoms with van der Waals surface area (Å²) in [6.45, 7) is 3.71. The number of nitrogens with one attached hydrogen (secondary N) is 1. The zero-order chi connectivity index (χ0) is 14.4. The quantitative estimate of drug-likeness (QED) is 0.745. The molecule has 3 rings (SSSR count). The van der Waals surface area contributed by atoms with Gasteiger partial charge in [0.15, 0.2) is 0 Å². The Morgan fingerprint density at radius 2 is 1.85 bits per heavy atom. The summed E-state index contributed by atoms with van der Waals surface area (Å²) in [5, 5.41) is 0.480. The summed E-state index contributed by atoms with van der Waals surface area (Å²) < 4.78 is 27.5. The van der Waals surface area contributed by atoms with Crippen LogP contribution in [-0.2, 0) is 0 Å². The molecular formula is C14H10F2N2OS. The van der Waals surface area contributed by atoms with Gasteiger partial charge in [-0.15, -0.1) is 11.3 Å². The number of benzene rings is 1. The second-order valence-corrected chi connectivity index (χ2v) is 5.68. The molecule has 102 valence electrons. The number of hydrogen-bond acceptors (Lipinski definition) is 3. The first-order valence-electron chi connectivity index (χ1n) is 5.93. The highest BCUT2D eigenvalue weighted by atomic mass is 32.1. The van der Waals surface area contributed by atoms with E-state index in [2.05, 4.69) is 9.97 Å². The van der Waals surface area contributed by atoms with Gasteiger partial charge in [0.1, 0.15) is 22.3 Å². The fraction of sp³-hybridized carbons (Fsp3) is 0.143. The van der Waals surface area contributed by atoms with Crippen LogP contribution in [0, 0.1) is 25.5 Å². The van der Waals surface area contributed by atoms with Crippen LogP contribution in [0.2, 0.25) is 0 Å². The molecule has 3 nitrogen and oxygen atoms in total. The molecule has 2 heterocycles. The fourth-order valence-electron chi connectivity index (χ4n) is 2.10. The molecule has 0 unspecified atom stereocenters. The van der Waals surface area contributed by atoms with Crippen LogP contribution in [0.25, 0.3) is 21.6 Å². The van der Waals surface area contributed by atoms with Crippen LogP contribution in [0.5, 0.6) is 0 Å². The Hall–Kier alpha value is -2.08. The van der Waals surface area contributed by atoms with Gasteiger partial charge in [0.2, 0.25) is 0 Å². The maximum Gasteiger partial charge on any atom is 0.260 e. The van der Waals surface area contributed by atoms with Gasteiger partial charge in [-0.1, -0.05) is 6.07 Å². The molecule has 2 aromatic heterocycles. The Bertz CT molecular complexity index is 862. The molecule has 0 aliphatic rings. The number of H-pyrrole nitrogens is 1. The number of aromatic amines is 1. The first-order chi connectivity index (χ1) is 9.49. The topological polar surface area (TPSA) is 45.8 Å². The van der Waals surface area contributed by atoms with Crippen LogP contribution in [0.1, 0.15) is 10.4 Å². The van der Waals surface area contributed by atoms with Gasteiger partial charge in [0.05, 0.1) is 10.9 Å². The lowest BCUT2D eigenvalue weighted by Crippen LogP contribution is -2.10. The standard InChI is InChI=1S/C14H10F2N2OS/c1-6-7(2)20-14-10(6)13(19)17-12(18-14)11-8(15)4-3-5-9(11)16/h3-5H,1-2H3,(H,17,18,19). The van der Waals surface area contributed by atoms with E-state index in [1.807, 2.05) is 13.8 Å². The molecule has 6 heteroatoms. The zero-order valence-electron chi connectivity index (χ0n) is 10.8. The predicted molar refractivity (Wildman–Crippen MR) is 75.1 cm³/mol. The minimum absolute atomic E-state index is 0.0839. The van der Waals surface area contributed by atoms with E-state index in [4.69, 9.17) is 0 Å². The third-order valence-corrected chi connectivity index (χ3v) is 4.34. The molecule has 0 spiro atoms. The Labute approximate surface area is 116 Å². The monoisotopic (exact) mass is 292 g/mol. The molecule has 1 N–H and O–H groups in total. The molecule has 1 aromatic carbocycles. The molecule has 0 atom stereocenters. The van der Waals surface area contributed by atoms with Gasteiger partial charge in [-0.3, -0.25) is 4.79 Å². The van der Waals surface area contributed by atoms with Crippen molar-refractivity contribution < 1.29 is 8.78 Å². The van der Waals surface area contributed by atoms with Crippen molar-refractivity contribution >= 4 is 21.6 Å². The minimum Gasteiger partial charge on any atom is -0.306 e. The molecule has 0 saturated carbocycles. The average molecular weight is 292 g/mol. The number of aryl methyl sites for hydroxylation is 2. The number of nitrogens with zero attached hydrogens (tertiary/aromatic N) is 1. The maximum atomic E-state index is 13.8. The number of thiophene rings is 1. The Kier molecular flexibility index (Phi) is 2.90. The molecule has 0 amide bonds. The van der Waals surface area contributed by atoms with Gasteiger partial charge < -0.3 is 4.98 Å². The molecule has 0 radical (unpaired) electrons. The Balaban J connectivity index is 2.37. The van der Waals surface area contributed by atoms with Gasteiger partial charge in [0.25, 0.3) is 5.56 Å². The van der Waals surface area contributed by atoms with Crippen LogP contribution in [0.4, 0.5) is 8.78 Å². The van der Waals surface area contributed by atoms with Crippen molar-refractivity contribution in [2.24, 2.45) is 0 Å². The first-order valence-corrected chi connectivity index (χ1v) is 6.75. The molecule has 0 aliphatic carbocycles. The van der Waals surface area contributed by atoms with E-state index < -0.39 is 11.6 Å². The van der Waals surface area contributed by atoms with Crippen LogP contribution >= 0.6 is 11.3 Å². The summed E-state index contributed by atoms with van der Waals surface area (Å²) in [6, 6.07) is 3.53. The summed E-state index contributed by atoms with van der Waals surface area (Å²) in [5.74, 6) is -1.59. The van der Waals surface area contributed by atoms with Crippen molar-refractivity contribution in [1.82, 2.24) is 9.97 Å². The molecule has 0 bridgehead atoms. The largest absolute Gasteiger partial charge is 0.306 e. The van der Waals surface area contributed by atoms with E-state index in [9.17, 15) is 13.6 Å². The molecule has 0 aliphatic heterocycles. The Morgan fingerprint density at radius 1 is 1.20 bits per heavy atom. The zero-order valence-corrected chi connectivity index (χ0v) is 11.6. The summed E-state index contributed by atoms with van der Waals surface area (Å²) in [6.07, 6.45) is 0. The highest BCUT2D eigenvalue weighted by Crippen LogP contribution is 2.29. The number of fused-ring (bicyclic) bond motifs is 1. The number of aromatic nitrogens is 2. The third-order valence-electron chi connectivity index (χ3n) is 3.24. The van der Waals surface area contributed by atoms with Gasteiger partial charge >= 0.3 is 0 Å². The second kappa shape index (κ2) is 4.49. The predicted octanol–water partition coefficient (Wildman–Crippen LogP) is 3.55. The van der Waals surface area contributed by atoms with Gasteiger partial charge in [-0.2, -0.15) is 0 Å². The molecule has 20 heavy (non-hydrogen) atoms. The smallest absolute Gasteiger partial charge is 0.260 e. The van der Waals surface area contributed by atoms with E-state index in [-0.39, 0.29) is 16.9 Å². The number of halogens is 2. The van der Waals surface area contributed by atoms with Crippen molar-refractivity contribution in [3.63, 3.8) is 0 Å². The van der Waals surface area contributed by atoms with E-state index in [1.165, 1.54) is 17.4 Å². The van der Waals surface area contributed by atoms with Crippen molar-refractivity contribution in [3.05, 3.63) is 50.6 Å². The molecule has 3 aromatic rings. The minimum atomic E-state index is -0.752. The number of hydrogen-bond donors (Lipinski definition) is 1. The maximum absolute atomic E-state index is 13.8. The molecular weight excluding hydrogens is 282 g/mol. The normalized spacial score (nSPS) is 11.2. The van der Waals surface area contributed by atoms with Crippen LogP contribution in [0.15, 0.2) is 23.0 Å². The van der Waals surface area contributed by atoms with Crippen molar-refractivity contribution in [2.45, 2.75) is 13.8 Å². The lowest BCUT2D eigenvalue weighted by molar-refractivity contribution is 0.587. The summed E-state index contributed by atoms with van der Waals surface area (Å²) >= 11 is 1.34. The van der Waals surface area contributed by atoms with Crippen molar-refractivity contribution in [2.75, 3.05) is 0 Å². The first kappa shape index (κ1) is 12.9. The van der Waals surface area contributed by atoms with E-state index in [0.29, 0.717) is 10.2 Å². The summed E-state index contributed by atoms with van der Waals surface area (Å²) in [4.78, 5) is 20.2. The second-order valence-electron chi connectivity index (χ2n) is 4.47. The highest BCUT2D eigenvalue weighted by molar-refractivity contribution is 7.18. The van der Waals surface area contributed by atoms with Crippen molar-refractivity contribution in [3.8, 4) is 11.4 Å².